The van der Waals surface area contributed by atoms with Crippen molar-refractivity contribution in [1.29, 1.82) is 0 Å². The zero-order valence-electron chi connectivity index (χ0n) is 18.9. The summed E-state index contributed by atoms with van der Waals surface area (Å²) >= 11 is 1.32. The fraction of sp³-hybridized carbons (Fsp3) is 0.391. The highest BCUT2D eigenvalue weighted by Crippen LogP contribution is 2.35. The molecule has 3 rings (SSSR count). The molecule has 0 N–H and O–H groups in total. The first-order chi connectivity index (χ1) is 15.9. The van der Waals surface area contributed by atoms with Crippen molar-refractivity contribution < 1.29 is 27.4 Å². The molecule has 3 aromatic rings. The number of hydrogen-bond acceptors (Lipinski definition) is 7. The number of carbonyl (C=O) groups excluding carboxylic acids is 1. The largest absolute Gasteiger partial charge is 0.495 e. The van der Waals surface area contributed by atoms with Crippen LogP contribution in [0.25, 0.3) is 10.2 Å². The molecule has 0 aliphatic carbocycles. The van der Waals surface area contributed by atoms with Crippen molar-refractivity contribution in [1.82, 2.24) is 4.57 Å². The third kappa shape index (κ3) is 6.43. The Hall–Kier alpha value is -2.69. The molecule has 0 spiro atoms. The minimum absolute atomic E-state index is 0.0356. The molecular formula is C23H28N2O6S2. The summed E-state index contributed by atoms with van der Waals surface area (Å²) in [4.78, 5) is 17.4. The van der Waals surface area contributed by atoms with E-state index in [1.165, 1.54) is 11.3 Å². The highest BCUT2D eigenvalue weighted by atomic mass is 32.2. The number of ether oxygens (including phenoxy) is 3. The smallest absolute Gasteiger partial charge is 0.248 e. The van der Waals surface area contributed by atoms with Crippen molar-refractivity contribution in [2.24, 2.45) is 4.99 Å². The molecule has 0 bridgehead atoms. The number of methoxy groups -OCH3 is 3. The second-order valence-corrected chi connectivity index (χ2v) is 10.5. The normalized spacial score (nSPS) is 12.3. The number of thiazole rings is 1. The highest BCUT2D eigenvalue weighted by Gasteiger charge is 2.17. The van der Waals surface area contributed by atoms with Crippen LogP contribution in [0.15, 0.2) is 47.5 Å². The standard InChI is InChI=1S/C23H28N2O6S2/c1-29-14-13-25-21-18(30-2)11-12-19(31-3)22(21)32-23(25)24-20(26)10-7-15-33(27,28)16-17-8-5-4-6-9-17/h4-6,8-9,11-12H,7,10,13-16H2,1-3H3. The number of fused-ring (bicyclic) bond motifs is 1. The molecule has 8 nitrogen and oxygen atoms in total. The van der Waals surface area contributed by atoms with Crippen LogP contribution < -0.4 is 14.3 Å². The molecule has 0 fully saturated rings. The summed E-state index contributed by atoms with van der Waals surface area (Å²) in [5.74, 6) is 0.815. The Morgan fingerprint density at radius 3 is 2.39 bits per heavy atom. The SMILES string of the molecule is COCCn1c(=NC(=O)CCCS(=O)(=O)Cc2ccccc2)sc2c(OC)ccc(OC)c21. The first kappa shape index (κ1) is 24.9. The molecule has 178 valence electrons. The van der Waals surface area contributed by atoms with Crippen molar-refractivity contribution in [2.45, 2.75) is 25.1 Å². The number of nitrogens with zero attached hydrogens (tertiary/aromatic N) is 2. The fourth-order valence-corrected chi connectivity index (χ4v) is 6.05. The summed E-state index contributed by atoms with van der Waals surface area (Å²) in [6, 6.07) is 12.6. The molecular weight excluding hydrogens is 464 g/mol. The van der Waals surface area contributed by atoms with Gasteiger partial charge in [-0.25, -0.2) is 8.42 Å². The highest BCUT2D eigenvalue weighted by molar-refractivity contribution is 7.90. The lowest BCUT2D eigenvalue weighted by molar-refractivity contribution is -0.118. The fourth-order valence-electron chi connectivity index (χ4n) is 3.44. The van der Waals surface area contributed by atoms with Crippen LogP contribution in [0.3, 0.4) is 0 Å². The van der Waals surface area contributed by atoms with Gasteiger partial charge in [0.1, 0.15) is 21.7 Å². The second-order valence-electron chi connectivity index (χ2n) is 7.36. The number of amides is 1. The molecule has 0 radical (unpaired) electrons. The number of rotatable bonds is 11. The topological polar surface area (TPSA) is 96.2 Å². The summed E-state index contributed by atoms with van der Waals surface area (Å²) in [5.41, 5.74) is 1.51. The first-order valence-corrected chi connectivity index (χ1v) is 13.1. The molecule has 1 aromatic heterocycles. The van der Waals surface area contributed by atoms with Gasteiger partial charge in [-0.05, 0) is 24.1 Å². The lowest BCUT2D eigenvalue weighted by Crippen LogP contribution is -2.20. The van der Waals surface area contributed by atoms with Gasteiger partial charge in [-0.2, -0.15) is 4.99 Å². The minimum Gasteiger partial charge on any atom is -0.495 e. The number of sulfone groups is 1. The van der Waals surface area contributed by atoms with Gasteiger partial charge in [-0.3, -0.25) is 4.79 Å². The van der Waals surface area contributed by atoms with Crippen LogP contribution >= 0.6 is 11.3 Å². The average molecular weight is 493 g/mol. The van der Waals surface area contributed by atoms with Gasteiger partial charge in [0, 0.05) is 20.1 Å². The first-order valence-electron chi connectivity index (χ1n) is 10.4. The molecule has 0 aliphatic rings. The third-order valence-corrected chi connectivity index (χ3v) is 7.78. The Bertz CT molecular complexity index is 1260. The van der Waals surface area contributed by atoms with Gasteiger partial charge < -0.3 is 18.8 Å². The van der Waals surface area contributed by atoms with E-state index in [0.717, 1.165) is 15.8 Å². The minimum atomic E-state index is -3.31. The van der Waals surface area contributed by atoms with Gasteiger partial charge in [0.2, 0.25) is 5.91 Å². The van der Waals surface area contributed by atoms with Crippen molar-refractivity contribution >= 4 is 37.3 Å². The van der Waals surface area contributed by atoms with E-state index in [2.05, 4.69) is 4.99 Å². The summed E-state index contributed by atoms with van der Waals surface area (Å²) in [6.45, 7) is 0.892. The molecule has 10 heteroatoms. The van der Waals surface area contributed by atoms with Gasteiger partial charge in [-0.15, -0.1) is 0 Å². The zero-order valence-corrected chi connectivity index (χ0v) is 20.6. The van der Waals surface area contributed by atoms with Crippen LogP contribution in [-0.4, -0.2) is 52.6 Å². The van der Waals surface area contributed by atoms with E-state index in [1.54, 1.807) is 51.7 Å². The molecule has 1 amide bonds. The summed E-state index contributed by atoms with van der Waals surface area (Å²) in [7, 11) is 1.46. The maximum Gasteiger partial charge on any atom is 0.248 e. The van der Waals surface area contributed by atoms with E-state index >= 15 is 0 Å². The van der Waals surface area contributed by atoms with E-state index < -0.39 is 9.84 Å². The molecule has 2 aromatic carbocycles. The van der Waals surface area contributed by atoms with Gasteiger partial charge in [0.25, 0.3) is 0 Å². The maximum atomic E-state index is 12.6. The quantitative estimate of drug-likeness (QED) is 0.408. The Kier molecular flexibility index (Phi) is 8.65. The summed E-state index contributed by atoms with van der Waals surface area (Å²) in [5, 5.41) is 0. The Labute approximate surface area is 197 Å². The average Bonchev–Trinajstić information content (AvgIpc) is 3.15. The summed E-state index contributed by atoms with van der Waals surface area (Å²) in [6.07, 6.45) is 0.258. The molecule has 0 atom stereocenters. The van der Waals surface area contributed by atoms with Crippen molar-refractivity contribution in [3.8, 4) is 11.5 Å². The molecule has 0 unspecified atom stereocenters. The molecule has 0 saturated heterocycles. The van der Waals surface area contributed by atoms with Crippen LogP contribution in [0.1, 0.15) is 18.4 Å². The van der Waals surface area contributed by atoms with Crippen LogP contribution in [0.2, 0.25) is 0 Å². The number of carbonyl (C=O) groups is 1. The lowest BCUT2D eigenvalue weighted by Gasteiger charge is -2.09. The predicted molar refractivity (Wildman–Crippen MR) is 129 cm³/mol. The maximum absolute atomic E-state index is 12.6. The van der Waals surface area contributed by atoms with E-state index in [0.29, 0.717) is 29.5 Å². The van der Waals surface area contributed by atoms with Crippen molar-refractivity contribution in [3.63, 3.8) is 0 Å². The van der Waals surface area contributed by atoms with E-state index in [9.17, 15) is 13.2 Å². The number of hydrogen-bond donors (Lipinski definition) is 0. The summed E-state index contributed by atoms with van der Waals surface area (Å²) < 4.78 is 43.7. The Morgan fingerprint density at radius 1 is 1.03 bits per heavy atom. The van der Waals surface area contributed by atoms with Gasteiger partial charge in [0.15, 0.2) is 14.6 Å². The Morgan fingerprint density at radius 2 is 1.73 bits per heavy atom. The molecule has 1 heterocycles. The second kappa shape index (κ2) is 11.4. The van der Waals surface area contributed by atoms with Crippen LogP contribution in [0.5, 0.6) is 11.5 Å². The Balaban J connectivity index is 1.80. The van der Waals surface area contributed by atoms with E-state index in [-0.39, 0.29) is 30.3 Å². The van der Waals surface area contributed by atoms with E-state index in [4.69, 9.17) is 14.2 Å². The number of aromatic nitrogens is 1. The number of benzene rings is 2. The van der Waals surface area contributed by atoms with Crippen molar-refractivity contribution in [2.75, 3.05) is 33.7 Å². The lowest BCUT2D eigenvalue weighted by atomic mass is 10.2. The molecule has 0 aliphatic heterocycles. The van der Waals surface area contributed by atoms with Gasteiger partial charge >= 0.3 is 0 Å². The van der Waals surface area contributed by atoms with Crippen LogP contribution in [-0.2, 0) is 31.7 Å². The van der Waals surface area contributed by atoms with Gasteiger partial charge in [-0.1, -0.05) is 41.7 Å². The van der Waals surface area contributed by atoms with Crippen LogP contribution in [0.4, 0.5) is 0 Å². The van der Waals surface area contributed by atoms with E-state index in [1.807, 2.05) is 16.7 Å². The molecule has 33 heavy (non-hydrogen) atoms. The third-order valence-electron chi connectivity index (χ3n) is 5.01. The van der Waals surface area contributed by atoms with Crippen LogP contribution in [0, 0.1) is 0 Å². The predicted octanol–water partition coefficient (Wildman–Crippen LogP) is 3.19. The molecule has 0 saturated carbocycles. The zero-order chi connectivity index (χ0) is 23.8. The van der Waals surface area contributed by atoms with Gasteiger partial charge in [0.05, 0.1) is 32.3 Å². The monoisotopic (exact) mass is 492 g/mol. The van der Waals surface area contributed by atoms with Crippen molar-refractivity contribution in [3.05, 3.63) is 52.8 Å².